The van der Waals surface area contributed by atoms with E-state index in [1.165, 1.54) is 0 Å². The second kappa shape index (κ2) is 8.46. The summed E-state index contributed by atoms with van der Waals surface area (Å²) in [5.74, 6) is -0.248. The largest absolute Gasteiger partial charge is 0.460 e. The monoisotopic (exact) mass is 323 g/mol. The topological polar surface area (TPSA) is 47.6 Å². The highest BCUT2D eigenvalue weighted by molar-refractivity contribution is 6.53. The molecular formula is C17H29NO3Si. The Morgan fingerprint density at radius 2 is 1.82 bits per heavy atom. The van der Waals surface area contributed by atoms with Crippen molar-refractivity contribution in [2.75, 3.05) is 0 Å². The summed E-state index contributed by atoms with van der Waals surface area (Å²) in [5, 5.41) is 0. The molecule has 1 N–H and O–H groups in total. The number of carbonyl (C=O) groups is 1. The Hall–Kier alpha value is -1.17. The standard InChI is InChI=1S/C17H29NO3Si/c1-13(21-17(2,3)4)15(18-22(5)6)16(19)20-12-14-10-8-7-9-11-14/h7-11,13,15,18,22H,12H2,1-6H3/t13?,15-/m1/s1. The molecule has 0 aliphatic rings. The Morgan fingerprint density at radius 3 is 2.32 bits per heavy atom. The van der Waals surface area contributed by atoms with E-state index < -0.39 is 15.0 Å². The molecule has 1 rings (SSSR count). The van der Waals surface area contributed by atoms with Crippen molar-refractivity contribution >= 4 is 14.9 Å². The van der Waals surface area contributed by atoms with Gasteiger partial charge in [0.05, 0.1) is 11.7 Å². The van der Waals surface area contributed by atoms with Crippen molar-refractivity contribution in [3.05, 3.63) is 35.9 Å². The van der Waals surface area contributed by atoms with Crippen LogP contribution in [0.4, 0.5) is 0 Å². The minimum atomic E-state index is -1.14. The molecule has 0 amide bonds. The molecule has 0 saturated heterocycles. The Balaban J connectivity index is 2.67. The van der Waals surface area contributed by atoms with Crippen LogP contribution in [0.25, 0.3) is 0 Å². The van der Waals surface area contributed by atoms with Crippen molar-refractivity contribution in [1.29, 1.82) is 0 Å². The fourth-order valence-electron chi connectivity index (χ4n) is 2.20. The molecule has 22 heavy (non-hydrogen) atoms. The molecule has 0 spiro atoms. The molecule has 0 saturated carbocycles. The summed E-state index contributed by atoms with van der Waals surface area (Å²) in [6.45, 7) is 12.5. The van der Waals surface area contributed by atoms with Gasteiger partial charge in [0, 0.05) is 0 Å². The van der Waals surface area contributed by atoms with E-state index in [-0.39, 0.29) is 17.7 Å². The lowest BCUT2D eigenvalue weighted by Crippen LogP contribution is -2.52. The molecule has 0 bridgehead atoms. The van der Waals surface area contributed by atoms with E-state index in [2.05, 4.69) is 18.1 Å². The van der Waals surface area contributed by atoms with Crippen molar-refractivity contribution in [2.45, 2.75) is 65.1 Å². The molecule has 4 nitrogen and oxygen atoms in total. The quantitative estimate of drug-likeness (QED) is 0.619. The van der Waals surface area contributed by atoms with Gasteiger partial charge >= 0.3 is 5.97 Å². The maximum atomic E-state index is 12.4. The van der Waals surface area contributed by atoms with Gasteiger partial charge in [-0.25, -0.2) is 0 Å². The highest BCUT2D eigenvalue weighted by Gasteiger charge is 2.30. The van der Waals surface area contributed by atoms with Crippen LogP contribution in [0.2, 0.25) is 13.1 Å². The zero-order valence-electron chi connectivity index (χ0n) is 14.6. The van der Waals surface area contributed by atoms with Gasteiger partial charge in [-0.1, -0.05) is 43.4 Å². The third-order valence-corrected chi connectivity index (χ3v) is 4.03. The summed E-state index contributed by atoms with van der Waals surface area (Å²) >= 11 is 0. The van der Waals surface area contributed by atoms with Crippen LogP contribution >= 0.6 is 0 Å². The van der Waals surface area contributed by atoms with Gasteiger partial charge in [0.15, 0.2) is 0 Å². The fraction of sp³-hybridized carbons (Fsp3) is 0.588. The second-order valence-electron chi connectivity index (χ2n) is 6.83. The molecule has 0 aromatic heterocycles. The van der Waals surface area contributed by atoms with Crippen LogP contribution in [0, 0.1) is 0 Å². The molecule has 0 heterocycles. The van der Waals surface area contributed by atoms with E-state index in [0.29, 0.717) is 6.61 Å². The molecule has 124 valence electrons. The van der Waals surface area contributed by atoms with Gasteiger partial charge in [0.25, 0.3) is 0 Å². The summed E-state index contributed by atoms with van der Waals surface area (Å²) in [4.78, 5) is 15.8. The van der Waals surface area contributed by atoms with Gasteiger partial charge in [-0.3, -0.25) is 4.79 Å². The zero-order chi connectivity index (χ0) is 16.8. The van der Waals surface area contributed by atoms with E-state index in [4.69, 9.17) is 9.47 Å². The van der Waals surface area contributed by atoms with Crippen LogP contribution in [0.3, 0.4) is 0 Å². The Morgan fingerprint density at radius 1 is 1.23 bits per heavy atom. The number of rotatable bonds is 7. The summed E-state index contributed by atoms with van der Waals surface area (Å²) < 4.78 is 11.4. The van der Waals surface area contributed by atoms with Gasteiger partial charge < -0.3 is 14.5 Å². The second-order valence-corrected chi connectivity index (χ2v) is 9.47. The first-order valence-electron chi connectivity index (χ1n) is 7.83. The van der Waals surface area contributed by atoms with Gasteiger partial charge in [-0.2, -0.15) is 0 Å². The lowest BCUT2D eigenvalue weighted by Gasteiger charge is -2.31. The molecule has 1 aromatic carbocycles. The first-order valence-corrected chi connectivity index (χ1v) is 10.7. The van der Waals surface area contributed by atoms with Crippen LogP contribution in [0.1, 0.15) is 33.3 Å². The number of benzene rings is 1. The summed E-state index contributed by atoms with van der Waals surface area (Å²) in [6.07, 6.45) is -0.238. The van der Waals surface area contributed by atoms with E-state index in [1.807, 2.05) is 58.0 Å². The number of ether oxygens (including phenoxy) is 2. The number of esters is 1. The zero-order valence-corrected chi connectivity index (χ0v) is 15.7. The number of hydrogen-bond donors (Lipinski definition) is 1. The molecule has 0 radical (unpaired) electrons. The summed E-state index contributed by atoms with van der Waals surface area (Å²) in [7, 11) is -1.14. The lowest BCUT2D eigenvalue weighted by molar-refractivity contribution is -0.154. The minimum absolute atomic E-state index is 0.238. The Kier molecular flexibility index (Phi) is 7.26. The third kappa shape index (κ3) is 7.20. The van der Waals surface area contributed by atoms with Crippen molar-refractivity contribution in [3.8, 4) is 0 Å². The normalized spacial score (nSPS) is 14.7. The molecule has 1 aromatic rings. The van der Waals surface area contributed by atoms with Crippen molar-refractivity contribution in [3.63, 3.8) is 0 Å². The Labute approximate surface area is 135 Å². The maximum Gasteiger partial charge on any atom is 0.325 e. The Bertz CT molecular complexity index is 457. The average Bonchev–Trinajstić information content (AvgIpc) is 2.41. The van der Waals surface area contributed by atoms with E-state index >= 15 is 0 Å². The minimum Gasteiger partial charge on any atom is -0.460 e. The molecule has 0 aliphatic heterocycles. The summed E-state index contributed by atoms with van der Waals surface area (Å²) in [5.41, 5.74) is 0.693. The first kappa shape index (κ1) is 18.9. The van der Waals surface area contributed by atoms with E-state index in [9.17, 15) is 4.79 Å². The number of nitrogens with one attached hydrogen (secondary N) is 1. The number of carbonyl (C=O) groups excluding carboxylic acids is 1. The highest BCUT2D eigenvalue weighted by atomic mass is 28.3. The maximum absolute atomic E-state index is 12.4. The van der Waals surface area contributed by atoms with Crippen molar-refractivity contribution in [2.24, 2.45) is 0 Å². The van der Waals surface area contributed by atoms with Crippen LogP contribution in [-0.4, -0.2) is 32.7 Å². The van der Waals surface area contributed by atoms with Crippen molar-refractivity contribution in [1.82, 2.24) is 4.98 Å². The third-order valence-electron chi connectivity index (χ3n) is 3.00. The summed E-state index contributed by atoms with van der Waals surface area (Å²) in [6, 6.07) is 9.29. The van der Waals surface area contributed by atoms with Gasteiger partial charge in [-0.05, 0) is 33.3 Å². The first-order chi connectivity index (χ1) is 10.2. The van der Waals surface area contributed by atoms with Crippen molar-refractivity contribution < 1.29 is 14.3 Å². The molecule has 2 atom stereocenters. The van der Waals surface area contributed by atoms with Gasteiger partial charge in [0.2, 0.25) is 0 Å². The molecule has 0 fully saturated rings. The lowest BCUT2D eigenvalue weighted by atomic mass is 10.1. The number of hydrogen-bond acceptors (Lipinski definition) is 4. The molecule has 5 heteroatoms. The predicted octanol–water partition coefficient (Wildman–Crippen LogP) is 2.88. The predicted molar refractivity (Wildman–Crippen MR) is 92.3 cm³/mol. The molecule has 1 unspecified atom stereocenters. The van der Waals surface area contributed by atoms with E-state index in [0.717, 1.165) is 5.56 Å². The van der Waals surface area contributed by atoms with Gasteiger partial charge in [-0.15, -0.1) is 0 Å². The SMILES string of the molecule is CC(OC(C)(C)C)[C@@H](N[SiH](C)C)C(=O)OCc1ccccc1. The highest BCUT2D eigenvalue weighted by Crippen LogP contribution is 2.14. The smallest absolute Gasteiger partial charge is 0.325 e. The van der Waals surface area contributed by atoms with Crippen LogP contribution in [0.15, 0.2) is 30.3 Å². The molecule has 0 aliphatic carbocycles. The van der Waals surface area contributed by atoms with Gasteiger partial charge in [0.1, 0.15) is 21.6 Å². The molecular weight excluding hydrogens is 294 g/mol. The van der Waals surface area contributed by atoms with Crippen LogP contribution < -0.4 is 4.98 Å². The van der Waals surface area contributed by atoms with Crippen LogP contribution in [-0.2, 0) is 20.9 Å². The fourth-order valence-corrected chi connectivity index (χ4v) is 3.32. The van der Waals surface area contributed by atoms with E-state index in [1.54, 1.807) is 0 Å². The van der Waals surface area contributed by atoms with Crippen LogP contribution in [0.5, 0.6) is 0 Å². The average molecular weight is 324 g/mol.